The summed E-state index contributed by atoms with van der Waals surface area (Å²) in [5.74, 6) is 0.808. The largest absolute Gasteiger partial charge is 0.310 e. The van der Waals surface area contributed by atoms with E-state index in [-0.39, 0.29) is 0 Å². The predicted octanol–water partition coefficient (Wildman–Crippen LogP) is 1.59. The maximum atomic E-state index is 8.71. The van der Waals surface area contributed by atoms with Gasteiger partial charge >= 0.3 is 0 Å². The molecule has 1 heterocycles. The first kappa shape index (κ1) is 6.97. The number of rotatable bonds is 0. The lowest BCUT2D eigenvalue weighted by molar-refractivity contribution is 0.296. The molecule has 1 saturated carbocycles. The minimum atomic E-state index is 0.482. The highest BCUT2D eigenvalue weighted by Gasteiger charge is 2.45. The van der Waals surface area contributed by atoms with Crippen molar-refractivity contribution in [2.75, 3.05) is 13.1 Å². The molecule has 0 unspecified atom stereocenters. The Labute approximate surface area is 67.8 Å². The Kier molecular flexibility index (Phi) is 1.35. The van der Waals surface area contributed by atoms with Crippen LogP contribution in [0.15, 0.2) is 0 Å². The van der Waals surface area contributed by atoms with E-state index in [1.165, 1.54) is 19.3 Å². The lowest BCUT2D eigenvalue weighted by Crippen LogP contribution is -2.21. The molecule has 0 N–H and O–H groups in total. The van der Waals surface area contributed by atoms with Gasteiger partial charge in [0, 0.05) is 13.1 Å². The van der Waals surface area contributed by atoms with Gasteiger partial charge in [0.25, 0.3) is 0 Å². The van der Waals surface area contributed by atoms with E-state index < -0.39 is 0 Å². The van der Waals surface area contributed by atoms with E-state index in [0.29, 0.717) is 5.41 Å². The van der Waals surface area contributed by atoms with Gasteiger partial charge in [-0.25, -0.2) is 0 Å². The fourth-order valence-corrected chi connectivity index (χ4v) is 2.67. The minimum Gasteiger partial charge on any atom is -0.310 e. The van der Waals surface area contributed by atoms with Gasteiger partial charge in [-0.3, -0.25) is 0 Å². The van der Waals surface area contributed by atoms with E-state index >= 15 is 0 Å². The Morgan fingerprint density at radius 3 is 3.09 bits per heavy atom. The Balaban J connectivity index is 2.14. The van der Waals surface area contributed by atoms with Crippen molar-refractivity contribution in [2.24, 2.45) is 11.3 Å². The van der Waals surface area contributed by atoms with Crippen LogP contribution in [0.25, 0.3) is 0 Å². The molecule has 11 heavy (non-hydrogen) atoms. The van der Waals surface area contributed by atoms with Crippen molar-refractivity contribution in [3.63, 3.8) is 0 Å². The third-order valence-corrected chi connectivity index (χ3v) is 3.42. The summed E-state index contributed by atoms with van der Waals surface area (Å²) in [5, 5.41) is 8.71. The molecular weight excluding hydrogens is 136 g/mol. The second-order valence-corrected chi connectivity index (χ2v) is 4.22. The summed E-state index contributed by atoms with van der Waals surface area (Å²) in [7, 11) is 0. The monoisotopic (exact) mass is 150 g/mol. The zero-order valence-electron chi connectivity index (χ0n) is 7.01. The SMILES string of the molecule is C[C@@]12CCC[C@@H]1CN(C#N)C2. The van der Waals surface area contributed by atoms with Crippen LogP contribution in [0, 0.1) is 22.8 Å². The highest BCUT2D eigenvalue weighted by Crippen LogP contribution is 2.47. The molecule has 1 aliphatic carbocycles. The number of nitriles is 1. The summed E-state index contributed by atoms with van der Waals surface area (Å²) in [5.41, 5.74) is 0.482. The number of hydrogen-bond donors (Lipinski definition) is 0. The van der Waals surface area contributed by atoms with Crippen LogP contribution in [0.2, 0.25) is 0 Å². The van der Waals surface area contributed by atoms with Crippen LogP contribution < -0.4 is 0 Å². The highest BCUT2D eigenvalue weighted by molar-refractivity contribution is 5.00. The summed E-state index contributed by atoms with van der Waals surface area (Å²) in [6, 6.07) is 0. The number of fused-ring (bicyclic) bond motifs is 1. The molecule has 60 valence electrons. The minimum absolute atomic E-state index is 0.482. The van der Waals surface area contributed by atoms with Crippen molar-refractivity contribution >= 4 is 0 Å². The zero-order chi connectivity index (χ0) is 7.90. The van der Waals surface area contributed by atoms with Crippen molar-refractivity contribution in [1.82, 2.24) is 4.90 Å². The van der Waals surface area contributed by atoms with Crippen molar-refractivity contribution in [3.8, 4) is 6.19 Å². The fourth-order valence-electron chi connectivity index (χ4n) is 2.67. The van der Waals surface area contributed by atoms with Crippen molar-refractivity contribution in [3.05, 3.63) is 0 Å². The second kappa shape index (κ2) is 2.14. The van der Waals surface area contributed by atoms with E-state index in [1.54, 1.807) is 0 Å². The van der Waals surface area contributed by atoms with Crippen molar-refractivity contribution < 1.29 is 0 Å². The molecule has 0 spiro atoms. The summed E-state index contributed by atoms with van der Waals surface area (Å²) >= 11 is 0. The molecule has 2 rings (SSSR count). The molecule has 2 aliphatic rings. The number of hydrogen-bond acceptors (Lipinski definition) is 2. The van der Waals surface area contributed by atoms with Gasteiger partial charge in [-0.1, -0.05) is 13.3 Å². The normalized spacial score (nSPS) is 42.2. The molecular formula is C9H14N2. The molecule has 2 atom stereocenters. The van der Waals surface area contributed by atoms with E-state index in [4.69, 9.17) is 5.26 Å². The van der Waals surface area contributed by atoms with Crippen LogP contribution in [0.5, 0.6) is 0 Å². The third kappa shape index (κ3) is 0.910. The van der Waals surface area contributed by atoms with E-state index in [2.05, 4.69) is 13.1 Å². The van der Waals surface area contributed by atoms with Gasteiger partial charge in [0.05, 0.1) is 0 Å². The topological polar surface area (TPSA) is 27.0 Å². The molecule has 0 amide bonds. The van der Waals surface area contributed by atoms with Gasteiger partial charge in [-0.05, 0) is 24.2 Å². The van der Waals surface area contributed by atoms with Crippen LogP contribution >= 0.6 is 0 Å². The molecule has 0 aromatic heterocycles. The Morgan fingerprint density at radius 1 is 1.64 bits per heavy atom. The zero-order valence-corrected chi connectivity index (χ0v) is 7.01. The first-order valence-corrected chi connectivity index (χ1v) is 4.39. The van der Waals surface area contributed by atoms with Gasteiger partial charge < -0.3 is 4.90 Å². The summed E-state index contributed by atoms with van der Waals surface area (Å²) in [4.78, 5) is 1.92. The Bertz CT molecular complexity index is 206. The first-order valence-electron chi connectivity index (χ1n) is 4.39. The molecule has 1 saturated heterocycles. The molecule has 2 heteroatoms. The predicted molar refractivity (Wildman–Crippen MR) is 42.6 cm³/mol. The van der Waals surface area contributed by atoms with E-state index in [9.17, 15) is 0 Å². The van der Waals surface area contributed by atoms with Gasteiger partial charge in [0.15, 0.2) is 6.19 Å². The molecule has 1 aliphatic heterocycles. The van der Waals surface area contributed by atoms with Crippen molar-refractivity contribution in [1.29, 1.82) is 5.26 Å². The third-order valence-electron chi connectivity index (χ3n) is 3.42. The molecule has 0 radical (unpaired) electrons. The van der Waals surface area contributed by atoms with Crippen LogP contribution in [-0.2, 0) is 0 Å². The van der Waals surface area contributed by atoms with E-state index in [0.717, 1.165) is 19.0 Å². The van der Waals surface area contributed by atoms with Gasteiger partial charge in [0.1, 0.15) is 0 Å². The lowest BCUT2D eigenvalue weighted by atomic mass is 9.83. The molecule has 2 fully saturated rings. The summed E-state index contributed by atoms with van der Waals surface area (Å²) in [6.45, 7) is 4.36. The lowest BCUT2D eigenvalue weighted by Gasteiger charge is -2.21. The fraction of sp³-hybridized carbons (Fsp3) is 0.889. The molecule has 0 aromatic carbocycles. The Hall–Kier alpha value is -0.710. The summed E-state index contributed by atoms with van der Waals surface area (Å²) in [6.07, 6.45) is 6.30. The van der Waals surface area contributed by atoms with Crippen LogP contribution in [0.1, 0.15) is 26.2 Å². The maximum absolute atomic E-state index is 8.71. The quantitative estimate of drug-likeness (QED) is 0.490. The molecule has 2 nitrogen and oxygen atoms in total. The Morgan fingerprint density at radius 2 is 2.45 bits per heavy atom. The van der Waals surface area contributed by atoms with Gasteiger partial charge in [-0.15, -0.1) is 0 Å². The van der Waals surface area contributed by atoms with Gasteiger partial charge in [-0.2, -0.15) is 5.26 Å². The van der Waals surface area contributed by atoms with E-state index in [1.807, 2.05) is 4.90 Å². The number of likely N-dealkylation sites (tertiary alicyclic amines) is 1. The second-order valence-electron chi connectivity index (χ2n) is 4.22. The van der Waals surface area contributed by atoms with Crippen LogP contribution in [0.3, 0.4) is 0 Å². The molecule has 0 bridgehead atoms. The first-order chi connectivity index (χ1) is 5.24. The number of nitrogens with zero attached hydrogens (tertiary/aromatic N) is 2. The smallest absolute Gasteiger partial charge is 0.179 e. The van der Waals surface area contributed by atoms with Crippen molar-refractivity contribution in [2.45, 2.75) is 26.2 Å². The summed E-state index contributed by atoms with van der Waals surface area (Å²) < 4.78 is 0. The van der Waals surface area contributed by atoms with Crippen LogP contribution in [-0.4, -0.2) is 18.0 Å². The van der Waals surface area contributed by atoms with Gasteiger partial charge in [0.2, 0.25) is 0 Å². The maximum Gasteiger partial charge on any atom is 0.179 e. The average Bonchev–Trinajstić information content (AvgIpc) is 2.42. The van der Waals surface area contributed by atoms with Crippen LogP contribution in [0.4, 0.5) is 0 Å². The highest BCUT2D eigenvalue weighted by atomic mass is 15.2. The molecule has 0 aromatic rings. The standard InChI is InChI=1S/C9H14N2/c1-9-4-2-3-8(9)5-11(6-9)7-10/h8H,2-6H2,1H3/t8-,9+/m1/s1. The average molecular weight is 150 g/mol.